The fourth-order valence-corrected chi connectivity index (χ4v) is 2.14. The van der Waals surface area contributed by atoms with Gasteiger partial charge in [-0.1, -0.05) is 18.2 Å². The van der Waals surface area contributed by atoms with E-state index in [2.05, 4.69) is 5.32 Å². The van der Waals surface area contributed by atoms with Crippen molar-refractivity contribution in [2.45, 2.75) is 25.5 Å². The average Bonchev–Trinajstić information content (AvgIpc) is 3.29. The number of nitrogens with zero attached hydrogens (tertiary/aromatic N) is 2. The number of hydrogen-bond acceptors (Lipinski definition) is 4. The van der Waals surface area contributed by atoms with Crippen molar-refractivity contribution in [1.29, 1.82) is 0 Å². The van der Waals surface area contributed by atoms with Crippen LogP contribution in [0.1, 0.15) is 18.4 Å². The molecule has 0 bridgehead atoms. The molecule has 1 aliphatic rings. The maximum atomic E-state index is 11.9. The Hall–Kier alpha value is -2.15. The molecule has 0 saturated heterocycles. The van der Waals surface area contributed by atoms with Gasteiger partial charge in [-0.05, 0) is 18.8 Å². The quantitative estimate of drug-likeness (QED) is 0.614. The van der Waals surface area contributed by atoms with Crippen molar-refractivity contribution in [1.82, 2.24) is 10.2 Å². The van der Waals surface area contributed by atoms with E-state index < -0.39 is 11.0 Å². The van der Waals surface area contributed by atoms with Crippen LogP contribution in [0, 0.1) is 16.0 Å². The van der Waals surface area contributed by atoms with Crippen molar-refractivity contribution in [2.24, 2.45) is 5.92 Å². The molecule has 0 aromatic heterocycles. The van der Waals surface area contributed by atoms with Gasteiger partial charge in [-0.15, -0.1) is 0 Å². The van der Waals surface area contributed by atoms with Gasteiger partial charge < -0.3 is 15.3 Å². The first kappa shape index (κ1) is 15.2. The first-order valence-electron chi connectivity index (χ1n) is 6.88. The van der Waals surface area contributed by atoms with Crippen LogP contribution in [0.15, 0.2) is 24.3 Å². The highest BCUT2D eigenvalue weighted by Gasteiger charge is 2.31. The van der Waals surface area contributed by atoms with E-state index in [9.17, 15) is 20.0 Å². The van der Waals surface area contributed by atoms with Crippen LogP contribution in [0.4, 0.5) is 10.5 Å². The minimum absolute atomic E-state index is 0.0153. The monoisotopic (exact) mass is 293 g/mol. The summed E-state index contributed by atoms with van der Waals surface area (Å²) in [4.78, 5) is 23.7. The first-order valence-corrected chi connectivity index (χ1v) is 6.88. The van der Waals surface area contributed by atoms with Gasteiger partial charge in [-0.2, -0.15) is 0 Å². The average molecular weight is 293 g/mol. The van der Waals surface area contributed by atoms with E-state index in [1.807, 2.05) is 0 Å². The summed E-state index contributed by atoms with van der Waals surface area (Å²) in [6, 6.07) is 5.93. The third-order valence-corrected chi connectivity index (χ3v) is 3.59. The molecule has 0 aliphatic heterocycles. The lowest BCUT2D eigenvalue weighted by Gasteiger charge is -2.21. The van der Waals surface area contributed by atoms with Gasteiger partial charge in [-0.25, -0.2) is 4.79 Å². The molecule has 1 aromatic rings. The van der Waals surface area contributed by atoms with Gasteiger partial charge in [0.1, 0.15) is 0 Å². The minimum Gasteiger partial charge on any atom is -0.391 e. The summed E-state index contributed by atoms with van der Waals surface area (Å²) in [7, 11) is 1.60. The van der Waals surface area contributed by atoms with Crippen LogP contribution in [0.5, 0.6) is 0 Å². The molecule has 21 heavy (non-hydrogen) atoms. The number of nitrogens with one attached hydrogen (secondary N) is 1. The van der Waals surface area contributed by atoms with Crippen LogP contribution in [0.25, 0.3) is 0 Å². The van der Waals surface area contributed by atoms with Crippen LogP contribution < -0.4 is 5.32 Å². The summed E-state index contributed by atoms with van der Waals surface area (Å²) >= 11 is 0. The summed E-state index contributed by atoms with van der Waals surface area (Å²) in [5.74, 6) is 0.301. The van der Waals surface area contributed by atoms with Crippen molar-refractivity contribution >= 4 is 11.7 Å². The lowest BCUT2D eigenvalue weighted by Crippen LogP contribution is -2.41. The van der Waals surface area contributed by atoms with Crippen LogP contribution in [0.2, 0.25) is 0 Å². The van der Waals surface area contributed by atoms with Crippen LogP contribution in [0.3, 0.4) is 0 Å². The molecule has 1 saturated carbocycles. The molecule has 0 spiro atoms. The Bertz CT molecular complexity index is 531. The summed E-state index contributed by atoms with van der Waals surface area (Å²) in [5.41, 5.74) is 0.436. The molecule has 2 N–H and O–H groups in total. The number of likely N-dealkylation sites (N-methyl/N-ethyl adjacent to an activating group) is 1. The van der Waals surface area contributed by atoms with Crippen molar-refractivity contribution in [3.05, 3.63) is 39.9 Å². The van der Waals surface area contributed by atoms with E-state index in [4.69, 9.17) is 0 Å². The zero-order chi connectivity index (χ0) is 15.4. The maximum Gasteiger partial charge on any atom is 0.317 e. The number of para-hydroxylation sites is 1. The van der Waals surface area contributed by atoms with Crippen molar-refractivity contribution in [3.8, 4) is 0 Å². The third-order valence-electron chi connectivity index (χ3n) is 3.59. The number of aliphatic hydroxyl groups excluding tert-OH is 1. The molecule has 1 aromatic carbocycles. The molecule has 7 nitrogen and oxygen atoms in total. The summed E-state index contributed by atoms with van der Waals surface area (Å²) < 4.78 is 0. The second-order valence-corrected chi connectivity index (χ2v) is 5.33. The molecule has 1 fully saturated rings. The molecular formula is C14H19N3O4. The van der Waals surface area contributed by atoms with E-state index in [-0.39, 0.29) is 24.8 Å². The Balaban J connectivity index is 1.87. The highest BCUT2D eigenvalue weighted by Crippen LogP contribution is 2.32. The van der Waals surface area contributed by atoms with Gasteiger partial charge in [0.15, 0.2) is 0 Å². The van der Waals surface area contributed by atoms with E-state index in [0.717, 1.165) is 12.8 Å². The Morgan fingerprint density at radius 1 is 1.52 bits per heavy atom. The van der Waals surface area contributed by atoms with Crippen LogP contribution >= 0.6 is 0 Å². The number of aliphatic hydroxyl groups is 1. The van der Waals surface area contributed by atoms with Gasteiger partial charge >= 0.3 is 6.03 Å². The Morgan fingerprint density at radius 3 is 2.81 bits per heavy atom. The van der Waals surface area contributed by atoms with Gasteiger partial charge in [0.2, 0.25) is 0 Å². The third kappa shape index (κ3) is 4.16. The Morgan fingerprint density at radius 2 is 2.19 bits per heavy atom. The van der Waals surface area contributed by atoms with Gasteiger partial charge in [0, 0.05) is 25.2 Å². The van der Waals surface area contributed by atoms with Gasteiger partial charge in [-0.3, -0.25) is 10.1 Å². The highest BCUT2D eigenvalue weighted by molar-refractivity contribution is 5.74. The lowest BCUT2D eigenvalue weighted by atomic mass is 10.2. The fourth-order valence-electron chi connectivity index (χ4n) is 2.14. The minimum atomic E-state index is -0.494. The molecule has 1 unspecified atom stereocenters. The molecule has 2 rings (SSSR count). The van der Waals surface area contributed by atoms with Crippen LogP contribution in [-0.4, -0.2) is 40.7 Å². The number of nitro groups is 1. The predicted molar refractivity (Wildman–Crippen MR) is 76.7 cm³/mol. The smallest absolute Gasteiger partial charge is 0.317 e. The predicted octanol–water partition coefficient (Wildman–Crippen LogP) is 1.51. The second-order valence-electron chi connectivity index (χ2n) is 5.33. The fraction of sp³-hybridized carbons (Fsp3) is 0.500. The molecule has 114 valence electrons. The molecule has 7 heteroatoms. The normalized spacial score (nSPS) is 15.3. The lowest BCUT2D eigenvalue weighted by molar-refractivity contribution is -0.385. The molecule has 1 aliphatic carbocycles. The summed E-state index contributed by atoms with van der Waals surface area (Å²) in [6.45, 7) is 0.354. The standard InChI is InChI=1S/C14H19N3O4/c1-16(9-13(18)10-6-7-10)14(19)15-8-11-4-2-3-5-12(11)17(20)21/h2-5,10,13,18H,6-9H2,1H3,(H,15,19). The van der Waals surface area contributed by atoms with Crippen LogP contribution in [-0.2, 0) is 6.54 Å². The highest BCUT2D eigenvalue weighted by atomic mass is 16.6. The zero-order valence-corrected chi connectivity index (χ0v) is 11.9. The number of rotatable bonds is 6. The van der Waals surface area contributed by atoms with Crippen molar-refractivity contribution in [2.75, 3.05) is 13.6 Å². The number of carbonyl (C=O) groups is 1. The Kier molecular flexibility index (Phi) is 4.74. The Labute approximate surface area is 122 Å². The van der Waals surface area contributed by atoms with Crippen molar-refractivity contribution in [3.63, 3.8) is 0 Å². The molecule has 0 radical (unpaired) electrons. The number of benzene rings is 1. The molecule has 2 amide bonds. The summed E-state index contributed by atoms with van der Waals surface area (Å²) in [5, 5.41) is 23.3. The van der Waals surface area contributed by atoms with Crippen molar-refractivity contribution < 1.29 is 14.8 Å². The maximum absolute atomic E-state index is 11.9. The number of carbonyl (C=O) groups excluding carboxylic acids is 1. The summed E-state index contributed by atoms with van der Waals surface area (Å²) in [6.07, 6.45) is 1.52. The number of urea groups is 1. The zero-order valence-electron chi connectivity index (χ0n) is 11.9. The first-order chi connectivity index (χ1) is 9.99. The van der Waals surface area contributed by atoms with E-state index in [1.165, 1.54) is 11.0 Å². The topological polar surface area (TPSA) is 95.7 Å². The second kappa shape index (κ2) is 6.53. The van der Waals surface area contributed by atoms with Gasteiger partial charge in [0.05, 0.1) is 17.6 Å². The van der Waals surface area contributed by atoms with E-state index in [1.54, 1.807) is 25.2 Å². The molecular weight excluding hydrogens is 274 g/mol. The van der Waals surface area contributed by atoms with E-state index in [0.29, 0.717) is 11.5 Å². The molecule has 1 atom stereocenters. The largest absolute Gasteiger partial charge is 0.391 e. The number of nitro benzene ring substituents is 1. The number of hydrogen-bond donors (Lipinski definition) is 2. The van der Waals surface area contributed by atoms with E-state index >= 15 is 0 Å². The van der Waals surface area contributed by atoms with Gasteiger partial charge in [0.25, 0.3) is 5.69 Å². The molecule has 0 heterocycles. The SMILES string of the molecule is CN(CC(O)C1CC1)C(=O)NCc1ccccc1[N+](=O)[O-]. The number of amides is 2.